The summed E-state index contributed by atoms with van der Waals surface area (Å²) in [5, 5.41) is 18.0. The molecule has 74 valence electrons. The van der Waals surface area contributed by atoms with Gasteiger partial charge in [0.05, 0.1) is 0 Å². The topological polar surface area (TPSA) is 60.8 Å². The molecule has 2 rings (SSSR count). The molecule has 1 amide bonds. The van der Waals surface area contributed by atoms with Crippen molar-refractivity contribution in [3.63, 3.8) is 0 Å². The molecular formula is C9H15NO3. The van der Waals surface area contributed by atoms with E-state index in [1.807, 2.05) is 0 Å². The molecule has 0 radical (unpaired) electrons. The van der Waals surface area contributed by atoms with Crippen LogP contribution in [0.25, 0.3) is 0 Å². The van der Waals surface area contributed by atoms with E-state index in [0.29, 0.717) is 5.92 Å². The molecule has 13 heavy (non-hydrogen) atoms. The number of aliphatic hydroxyl groups is 1. The molecule has 0 aromatic rings. The zero-order valence-corrected chi connectivity index (χ0v) is 7.52. The van der Waals surface area contributed by atoms with Crippen LogP contribution >= 0.6 is 0 Å². The van der Waals surface area contributed by atoms with E-state index >= 15 is 0 Å². The van der Waals surface area contributed by atoms with Crippen molar-refractivity contribution >= 4 is 6.09 Å². The Morgan fingerprint density at radius 2 is 1.85 bits per heavy atom. The van der Waals surface area contributed by atoms with Gasteiger partial charge in [-0.25, -0.2) is 4.79 Å². The number of fused-ring (bicyclic) bond motifs is 2. The van der Waals surface area contributed by atoms with E-state index in [4.69, 9.17) is 10.2 Å². The zero-order valence-electron chi connectivity index (χ0n) is 7.52. The van der Waals surface area contributed by atoms with Gasteiger partial charge in [0.2, 0.25) is 0 Å². The second-order valence-corrected chi connectivity index (χ2v) is 4.09. The van der Waals surface area contributed by atoms with Crippen LogP contribution in [-0.2, 0) is 0 Å². The van der Waals surface area contributed by atoms with Crippen LogP contribution in [0.5, 0.6) is 0 Å². The second-order valence-electron chi connectivity index (χ2n) is 4.09. The van der Waals surface area contributed by atoms with E-state index in [9.17, 15) is 4.79 Å². The molecule has 0 aliphatic carbocycles. The molecule has 0 spiro atoms. The number of carbonyl (C=O) groups is 1. The van der Waals surface area contributed by atoms with Gasteiger partial charge in [-0.15, -0.1) is 0 Å². The van der Waals surface area contributed by atoms with Crippen molar-refractivity contribution in [1.82, 2.24) is 4.90 Å². The van der Waals surface area contributed by atoms with E-state index in [2.05, 4.69) is 0 Å². The molecule has 1 unspecified atom stereocenters. The van der Waals surface area contributed by atoms with Crippen molar-refractivity contribution in [1.29, 1.82) is 0 Å². The minimum Gasteiger partial charge on any atom is -0.465 e. The van der Waals surface area contributed by atoms with Crippen LogP contribution in [-0.4, -0.2) is 39.9 Å². The van der Waals surface area contributed by atoms with Crippen molar-refractivity contribution in [2.24, 2.45) is 5.92 Å². The van der Waals surface area contributed by atoms with Crippen molar-refractivity contribution in [2.75, 3.05) is 6.61 Å². The summed E-state index contributed by atoms with van der Waals surface area (Å²) in [4.78, 5) is 12.5. The summed E-state index contributed by atoms with van der Waals surface area (Å²) in [6, 6.07) is 0.349. The van der Waals surface area contributed by atoms with Crippen LogP contribution in [0.15, 0.2) is 0 Å². The summed E-state index contributed by atoms with van der Waals surface area (Å²) in [7, 11) is 0. The van der Waals surface area contributed by atoms with Gasteiger partial charge >= 0.3 is 6.09 Å². The first-order chi connectivity index (χ1) is 6.22. The molecular weight excluding hydrogens is 170 g/mol. The fourth-order valence-electron chi connectivity index (χ4n) is 2.75. The highest BCUT2D eigenvalue weighted by Crippen LogP contribution is 2.38. The van der Waals surface area contributed by atoms with Gasteiger partial charge in [0, 0.05) is 18.7 Å². The molecule has 2 bridgehead atoms. The van der Waals surface area contributed by atoms with E-state index in [1.54, 1.807) is 4.90 Å². The van der Waals surface area contributed by atoms with Crippen molar-refractivity contribution in [2.45, 2.75) is 37.8 Å². The predicted molar refractivity (Wildman–Crippen MR) is 46.5 cm³/mol. The Bertz CT molecular complexity index is 205. The van der Waals surface area contributed by atoms with Gasteiger partial charge in [-0.1, -0.05) is 0 Å². The van der Waals surface area contributed by atoms with Crippen LogP contribution in [0, 0.1) is 5.92 Å². The van der Waals surface area contributed by atoms with Crippen LogP contribution in [0.4, 0.5) is 4.79 Å². The van der Waals surface area contributed by atoms with Crippen molar-refractivity contribution in [3.8, 4) is 0 Å². The first-order valence-electron chi connectivity index (χ1n) is 4.84. The average molecular weight is 185 g/mol. The van der Waals surface area contributed by atoms with Crippen LogP contribution in [0.1, 0.15) is 25.7 Å². The maximum atomic E-state index is 10.9. The highest BCUT2D eigenvalue weighted by Gasteiger charge is 2.42. The Balaban J connectivity index is 2.08. The minimum atomic E-state index is -0.788. The summed E-state index contributed by atoms with van der Waals surface area (Å²) in [6.45, 7) is 0.209. The van der Waals surface area contributed by atoms with Gasteiger partial charge in [-0.2, -0.15) is 0 Å². The molecule has 2 N–H and O–H groups in total. The summed E-state index contributed by atoms with van der Waals surface area (Å²) in [6.07, 6.45) is 2.86. The number of hydrogen-bond donors (Lipinski definition) is 2. The molecule has 2 saturated heterocycles. The summed E-state index contributed by atoms with van der Waals surface area (Å²) in [5.74, 6) is 0.327. The Kier molecular flexibility index (Phi) is 2.15. The number of piperidine rings is 1. The lowest BCUT2D eigenvalue weighted by Crippen LogP contribution is -2.46. The van der Waals surface area contributed by atoms with Gasteiger partial charge in [-0.05, 0) is 31.6 Å². The molecule has 3 atom stereocenters. The lowest BCUT2D eigenvalue weighted by atomic mass is 9.92. The van der Waals surface area contributed by atoms with E-state index in [-0.39, 0.29) is 18.7 Å². The molecule has 0 aromatic carbocycles. The predicted octanol–water partition coefficient (Wildman–Crippen LogP) is 0.900. The van der Waals surface area contributed by atoms with Gasteiger partial charge in [-0.3, -0.25) is 0 Å². The Morgan fingerprint density at radius 1 is 1.31 bits per heavy atom. The molecule has 2 heterocycles. The van der Waals surface area contributed by atoms with Crippen LogP contribution in [0.3, 0.4) is 0 Å². The fourth-order valence-corrected chi connectivity index (χ4v) is 2.75. The Labute approximate surface area is 77.2 Å². The van der Waals surface area contributed by atoms with Crippen molar-refractivity contribution < 1.29 is 15.0 Å². The zero-order chi connectivity index (χ0) is 9.42. The van der Waals surface area contributed by atoms with Gasteiger partial charge < -0.3 is 15.1 Å². The van der Waals surface area contributed by atoms with Gasteiger partial charge in [0.1, 0.15) is 0 Å². The number of amides is 1. The van der Waals surface area contributed by atoms with E-state index in [1.165, 1.54) is 0 Å². The summed E-state index contributed by atoms with van der Waals surface area (Å²) >= 11 is 0. The third-order valence-electron chi connectivity index (χ3n) is 3.31. The third-order valence-corrected chi connectivity index (χ3v) is 3.31. The van der Waals surface area contributed by atoms with Crippen molar-refractivity contribution in [3.05, 3.63) is 0 Å². The second kappa shape index (κ2) is 3.18. The molecule has 4 nitrogen and oxygen atoms in total. The lowest BCUT2D eigenvalue weighted by molar-refractivity contribution is 0.0674. The number of rotatable bonds is 1. The highest BCUT2D eigenvalue weighted by molar-refractivity contribution is 5.66. The number of hydrogen-bond acceptors (Lipinski definition) is 2. The third kappa shape index (κ3) is 1.39. The van der Waals surface area contributed by atoms with Gasteiger partial charge in [0.15, 0.2) is 0 Å². The average Bonchev–Trinajstić information content (AvgIpc) is 2.37. The highest BCUT2D eigenvalue weighted by atomic mass is 16.4. The van der Waals surface area contributed by atoms with Crippen LogP contribution < -0.4 is 0 Å². The monoisotopic (exact) mass is 185 g/mol. The first kappa shape index (κ1) is 8.81. The molecule has 2 aliphatic heterocycles. The largest absolute Gasteiger partial charge is 0.465 e. The molecule has 2 aliphatic rings. The number of nitrogens with zero attached hydrogens (tertiary/aromatic N) is 1. The smallest absolute Gasteiger partial charge is 0.407 e. The fraction of sp³-hybridized carbons (Fsp3) is 0.889. The quantitative estimate of drug-likeness (QED) is 0.638. The maximum Gasteiger partial charge on any atom is 0.407 e. The van der Waals surface area contributed by atoms with E-state index in [0.717, 1.165) is 25.7 Å². The first-order valence-corrected chi connectivity index (χ1v) is 4.84. The normalized spacial score (nSPS) is 37.9. The number of carboxylic acid groups (broad SMARTS) is 1. The summed E-state index contributed by atoms with van der Waals surface area (Å²) in [5.41, 5.74) is 0. The Hall–Kier alpha value is -0.770. The molecule has 2 fully saturated rings. The van der Waals surface area contributed by atoms with Gasteiger partial charge in [0.25, 0.3) is 0 Å². The maximum absolute atomic E-state index is 10.9. The number of aliphatic hydroxyl groups excluding tert-OH is 1. The molecule has 4 heteroatoms. The molecule has 0 aromatic heterocycles. The molecule has 0 saturated carbocycles. The SMILES string of the molecule is O=C(O)N1[C@@H]2CC[C@H]1CC(CO)C2. The lowest BCUT2D eigenvalue weighted by Gasteiger charge is -2.36. The summed E-state index contributed by atoms with van der Waals surface area (Å²) < 4.78 is 0. The minimum absolute atomic E-state index is 0.174. The van der Waals surface area contributed by atoms with Crippen LogP contribution in [0.2, 0.25) is 0 Å². The Morgan fingerprint density at radius 3 is 2.23 bits per heavy atom. The van der Waals surface area contributed by atoms with E-state index < -0.39 is 6.09 Å². The standard InChI is InChI=1S/C9H15NO3/c11-5-6-3-7-1-2-8(4-6)10(7)9(12)13/h6-8,11H,1-5H2,(H,12,13)/t6?,7-,8+.